The summed E-state index contributed by atoms with van der Waals surface area (Å²) in [4.78, 5) is 0. The predicted molar refractivity (Wildman–Crippen MR) is 188 cm³/mol. The first-order valence-electron chi connectivity index (χ1n) is 19.5. The fraction of sp³-hybridized carbons (Fsp3) is 1.00. The van der Waals surface area contributed by atoms with Gasteiger partial charge in [0.1, 0.15) is 0 Å². The third-order valence-electron chi connectivity index (χ3n) is 9.00. The molecule has 0 aromatic carbocycles. The van der Waals surface area contributed by atoms with Gasteiger partial charge in [-0.1, -0.05) is 181 Å². The summed E-state index contributed by atoms with van der Waals surface area (Å²) >= 11 is 0. The van der Waals surface area contributed by atoms with E-state index in [9.17, 15) is 10.2 Å². The minimum absolute atomic E-state index is 0.182. The molecular formula is C38H80N2O2. The molecule has 0 aliphatic carbocycles. The summed E-state index contributed by atoms with van der Waals surface area (Å²) < 4.78 is 0. The van der Waals surface area contributed by atoms with Crippen LogP contribution in [0.3, 0.4) is 0 Å². The van der Waals surface area contributed by atoms with Gasteiger partial charge in [0.2, 0.25) is 0 Å². The summed E-state index contributed by atoms with van der Waals surface area (Å²) in [5, 5.41) is 27.3. The second-order valence-corrected chi connectivity index (χ2v) is 13.5. The van der Waals surface area contributed by atoms with E-state index in [4.69, 9.17) is 0 Å². The molecule has 2 unspecified atom stereocenters. The number of hydrogen-bond acceptors (Lipinski definition) is 4. The molecule has 4 N–H and O–H groups in total. The van der Waals surface area contributed by atoms with Crippen LogP contribution in [0.25, 0.3) is 0 Å². The highest BCUT2D eigenvalue weighted by Gasteiger charge is 2.05. The lowest BCUT2D eigenvalue weighted by Crippen LogP contribution is -2.28. The molecule has 254 valence electrons. The average Bonchev–Trinajstić information content (AvgIpc) is 2.99. The third-order valence-corrected chi connectivity index (χ3v) is 9.00. The normalized spacial score (nSPS) is 13.1. The van der Waals surface area contributed by atoms with Crippen LogP contribution >= 0.6 is 0 Å². The molecule has 0 aliphatic rings. The molecule has 0 saturated carbocycles. The van der Waals surface area contributed by atoms with Crippen molar-refractivity contribution in [3.05, 3.63) is 0 Å². The molecule has 0 radical (unpaired) electrons. The Hall–Kier alpha value is -0.160. The Kier molecular flexibility index (Phi) is 36.9. The van der Waals surface area contributed by atoms with Gasteiger partial charge in [-0.15, -0.1) is 0 Å². The van der Waals surface area contributed by atoms with Crippen molar-refractivity contribution in [1.29, 1.82) is 0 Å². The van der Waals surface area contributed by atoms with Gasteiger partial charge in [0.15, 0.2) is 0 Å². The number of aliphatic hydroxyl groups is 2. The van der Waals surface area contributed by atoms with Gasteiger partial charge in [0.25, 0.3) is 0 Å². The minimum atomic E-state index is -0.182. The molecule has 2 atom stereocenters. The molecule has 42 heavy (non-hydrogen) atoms. The lowest BCUT2D eigenvalue weighted by atomic mass is 10.0. The molecule has 0 heterocycles. The Morgan fingerprint density at radius 1 is 0.333 bits per heavy atom. The van der Waals surface area contributed by atoms with Crippen molar-refractivity contribution in [1.82, 2.24) is 10.6 Å². The van der Waals surface area contributed by atoms with Crippen LogP contribution < -0.4 is 10.6 Å². The summed E-state index contributed by atoms with van der Waals surface area (Å²) in [6, 6.07) is 0. The quantitative estimate of drug-likeness (QED) is 0.0539. The fourth-order valence-electron chi connectivity index (χ4n) is 6.04. The van der Waals surface area contributed by atoms with Crippen LogP contribution in [0, 0.1) is 0 Å². The summed E-state index contributed by atoms with van der Waals surface area (Å²) in [6.45, 7) is 8.09. The molecule has 0 saturated heterocycles. The van der Waals surface area contributed by atoms with E-state index in [1.54, 1.807) is 0 Å². The Morgan fingerprint density at radius 3 is 0.857 bits per heavy atom. The molecule has 0 spiro atoms. The molecule has 0 amide bonds. The molecule has 0 aliphatic heterocycles. The number of nitrogens with one attached hydrogen (secondary N) is 2. The maximum atomic E-state index is 10.2. The van der Waals surface area contributed by atoms with Gasteiger partial charge < -0.3 is 20.8 Å². The number of rotatable bonds is 37. The number of hydrogen-bond donors (Lipinski definition) is 4. The average molecular weight is 597 g/mol. The monoisotopic (exact) mass is 597 g/mol. The summed E-state index contributed by atoms with van der Waals surface area (Å²) in [5.41, 5.74) is 0. The van der Waals surface area contributed by atoms with Gasteiger partial charge in [0.05, 0.1) is 12.2 Å². The van der Waals surface area contributed by atoms with E-state index in [-0.39, 0.29) is 12.2 Å². The Morgan fingerprint density at radius 2 is 0.571 bits per heavy atom. The highest BCUT2D eigenvalue weighted by atomic mass is 16.3. The van der Waals surface area contributed by atoms with Crippen LogP contribution in [0.15, 0.2) is 0 Å². The summed E-state index contributed by atoms with van der Waals surface area (Å²) in [6.07, 6.45) is 39.3. The first kappa shape index (κ1) is 41.8. The zero-order valence-electron chi connectivity index (χ0n) is 29.1. The van der Waals surface area contributed by atoms with Gasteiger partial charge in [-0.3, -0.25) is 0 Å². The van der Waals surface area contributed by atoms with Crippen molar-refractivity contribution in [3.8, 4) is 0 Å². The maximum Gasteiger partial charge on any atom is 0.0664 e. The Balaban J connectivity index is 3.22. The van der Waals surface area contributed by atoms with E-state index in [1.165, 1.54) is 180 Å². The van der Waals surface area contributed by atoms with Crippen LogP contribution in [0.5, 0.6) is 0 Å². The van der Waals surface area contributed by atoms with Gasteiger partial charge >= 0.3 is 0 Å². The van der Waals surface area contributed by atoms with Crippen LogP contribution in [0.2, 0.25) is 0 Å². The minimum Gasteiger partial charge on any atom is -0.392 e. The second kappa shape index (κ2) is 37.0. The molecule has 0 fully saturated rings. The van der Waals surface area contributed by atoms with Crippen molar-refractivity contribution in [2.45, 2.75) is 219 Å². The van der Waals surface area contributed by atoms with Gasteiger partial charge in [-0.2, -0.15) is 0 Å². The third kappa shape index (κ3) is 36.0. The van der Waals surface area contributed by atoms with Crippen LogP contribution in [-0.2, 0) is 0 Å². The van der Waals surface area contributed by atoms with Gasteiger partial charge in [-0.05, 0) is 38.8 Å². The van der Waals surface area contributed by atoms with E-state index >= 15 is 0 Å². The first-order chi connectivity index (χ1) is 20.7. The number of aliphatic hydroxyl groups excluding tert-OH is 2. The maximum absolute atomic E-state index is 10.2. The SMILES string of the molecule is CCCCCCCCCCCCCCC(O)CNCCCCCCNCC(O)CCCCCCCCCCCCCC. The second-order valence-electron chi connectivity index (χ2n) is 13.5. The van der Waals surface area contributed by atoms with Crippen LogP contribution in [-0.4, -0.2) is 48.6 Å². The van der Waals surface area contributed by atoms with Crippen molar-refractivity contribution in [3.63, 3.8) is 0 Å². The predicted octanol–water partition coefficient (Wildman–Crippen LogP) is 10.6. The highest BCUT2D eigenvalue weighted by Crippen LogP contribution is 2.14. The molecule has 4 nitrogen and oxygen atoms in total. The van der Waals surface area contributed by atoms with E-state index in [2.05, 4.69) is 24.5 Å². The van der Waals surface area contributed by atoms with Gasteiger partial charge in [-0.25, -0.2) is 0 Å². The van der Waals surface area contributed by atoms with Crippen molar-refractivity contribution in [2.24, 2.45) is 0 Å². The van der Waals surface area contributed by atoms with Gasteiger partial charge in [0, 0.05) is 13.1 Å². The zero-order valence-corrected chi connectivity index (χ0v) is 29.1. The van der Waals surface area contributed by atoms with E-state index in [0.717, 1.165) is 39.0 Å². The van der Waals surface area contributed by atoms with Crippen molar-refractivity contribution < 1.29 is 10.2 Å². The van der Waals surface area contributed by atoms with E-state index in [0.29, 0.717) is 0 Å². The molecular weight excluding hydrogens is 516 g/mol. The highest BCUT2D eigenvalue weighted by molar-refractivity contribution is 4.62. The fourth-order valence-corrected chi connectivity index (χ4v) is 6.04. The van der Waals surface area contributed by atoms with Crippen molar-refractivity contribution >= 4 is 0 Å². The van der Waals surface area contributed by atoms with E-state index in [1.807, 2.05) is 0 Å². The lowest BCUT2D eigenvalue weighted by molar-refractivity contribution is 0.157. The van der Waals surface area contributed by atoms with Crippen molar-refractivity contribution in [2.75, 3.05) is 26.2 Å². The largest absolute Gasteiger partial charge is 0.392 e. The molecule has 0 bridgehead atoms. The summed E-state index contributed by atoms with van der Waals surface area (Å²) in [5.74, 6) is 0. The molecule has 4 heteroatoms. The van der Waals surface area contributed by atoms with E-state index < -0.39 is 0 Å². The molecule has 0 aromatic rings. The lowest BCUT2D eigenvalue weighted by Gasteiger charge is -2.12. The summed E-state index contributed by atoms with van der Waals surface area (Å²) in [7, 11) is 0. The first-order valence-corrected chi connectivity index (χ1v) is 19.5. The topological polar surface area (TPSA) is 64.5 Å². The smallest absolute Gasteiger partial charge is 0.0664 e. The Labute approximate surface area is 265 Å². The number of unbranched alkanes of at least 4 members (excludes halogenated alkanes) is 25. The van der Waals surface area contributed by atoms with Crippen LogP contribution in [0.4, 0.5) is 0 Å². The van der Waals surface area contributed by atoms with Crippen LogP contribution in [0.1, 0.15) is 206 Å². The Bertz CT molecular complexity index is 434. The molecule has 0 aromatic heterocycles. The standard InChI is InChI=1S/C38H80N2O2/c1-3-5-7-9-11-13-15-17-19-21-23-27-31-37(41)35-39-33-29-25-26-30-34-40-36-38(42)32-28-24-22-20-18-16-14-12-10-8-6-4-2/h37-42H,3-36H2,1-2H3. The zero-order chi connectivity index (χ0) is 30.6. The molecule has 0 rings (SSSR count).